The van der Waals surface area contributed by atoms with Crippen molar-refractivity contribution in [1.29, 1.82) is 0 Å². The number of ether oxygens (including phenoxy) is 1. The van der Waals surface area contributed by atoms with Crippen LogP contribution in [0.25, 0.3) is 0 Å². The van der Waals surface area contributed by atoms with Gasteiger partial charge in [0.15, 0.2) is 0 Å². The molecule has 2 aliphatic rings. The van der Waals surface area contributed by atoms with Gasteiger partial charge in [-0.2, -0.15) is 0 Å². The molecule has 2 aromatic rings. The van der Waals surface area contributed by atoms with Gasteiger partial charge in [-0.1, -0.05) is 28.1 Å². The Hall–Kier alpha value is -2.38. The summed E-state index contributed by atoms with van der Waals surface area (Å²) in [6.45, 7) is 2.92. The molecule has 2 fully saturated rings. The van der Waals surface area contributed by atoms with Crippen LogP contribution in [0.3, 0.4) is 0 Å². The van der Waals surface area contributed by atoms with Crippen LogP contribution in [0.2, 0.25) is 0 Å². The number of nitrogens with one attached hydrogen (secondary N) is 2. The summed E-state index contributed by atoms with van der Waals surface area (Å²) in [6.07, 6.45) is 3.87. The molecule has 2 aliphatic heterocycles. The number of benzene rings is 2. The van der Waals surface area contributed by atoms with Crippen LogP contribution in [0.1, 0.15) is 46.4 Å². The smallest absolute Gasteiger partial charge is 0.253 e. The van der Waals surface area contributed by atoms with Crippen molar-refractivity contribution >= 4 is 33.4 Å². The third kappa shape index (κ3) is 5.66. The molecule has 2 saturated heterocycles. The van der Waals surface area contributed by atoms with E-state index in [4.69, 9.17) is 4.74 Å². The van der Waals surface area contributed by atoms with Gasteiger partial charge in [-0.15, -0.1) is 0 Å². The summed E-state index contributed by atoms with van der Waals surface area (Å²) < 4.78 is 6.56. The summed E-state index contributed by atoms with van der Waals surface area (Å²) in [4.78, 5) is 27.5. The fourth-order valence-corrected chi connectivity index (χ4v) is 4.45. The number of rotatable bonds is 6. The minimum atomic E-state index is -0.0586. The van der Waals surface area contributed by atoms with Crippen LogP contribution in [0.5, 0.6) is 0 Å². The number of carbonyl (C=O) groups is 2. The summed E-state index contributed by atoms with van der Waals surface area (Å²) in [5.41, 5.74) is 2.31. The lowest BCUT2D eigenvalue weighted by atomic mass is 10.0. The van der Waals surface area contributed by atoms with Gasteiger partial charge in [-0.25, -0.2) is 0 Å². The highest BCUT2D eigenvalue weighted by atomic mass is 79.9. The number of amides is 2. The maximum Gasteiger partial charge on any atom is 0.253 e. The molecule has 6 nitrogen and oxygen atoms in total. The van der Waals surface area contributed by atoms with Crippen LogP contribution in [0.15, 0.2) is 53.0 Å². The Kier molecular flexibility index (Phi) is 7.25. The first kappa shape index (κ1) is 21.8. The van der Waals surface area contributed by atoms with E-state index in [0.717, 1.165) is 55.5 Å². The van der Waals surface area contributed by atoms with Crippen LogP contribution in [0.4, 0.5) is 5.69 Å². The topological polar surface area (TPSA) is 70.7 Å². The minimum absolute atomic E-state index is 0.0418. The number of anilines is 1. The highest BCUT2D eigenvalue weighted by molar-refractivity contribution is 9.10. The molecule has 2 amide bonds. The average Bonchev–Trinajstić information content (AvgIpc) is 3.32. The predicted molar refractivity (Wildman–Crippen MR) is 125 cm³/mol. The molecule has 2 N–H and O–H groups in total. The second kappa shape index (κ2) is 10.3. The minimum Gasteiger partial charge on any atom is -0.376 e. The van der Waals surface area contributed by atoms with Crippen molar-refractivity contribution < 1.29 is 14.3 Å². The molecule has 0 saturated carbocycles. The number of para-hydroxylation sites is 1. The van der Waals surface area contributed by atoms with E-state index in [2.05, 4.69) is 31.5 Å². The van der Waals surface area contributed by atoms with Crippen LogP contribution < -0.4 is 15.5 Å². The van der Waals surface area contributed by atoms with E-state index in [1.54, 1.807) is 0 Å². The Labute approximate surface area is 191 Å². The Morgan fingerprint density at radius 3 is 2.45 bits per heavy atom. The lowest BCUT2D eigenvalue weighted by molar-refractivity contribution is 0.0858. The molecule has 7 heteroatoms. The predicted octanol–water partition coefficient (Wildman–Crippen LogP) is 3.76. The van der Waals surface area contributed by atoms with Crippen molar-refractivity contribution in [2.24, 2.45) is 0 Å². The molecule has 4 rings (SSSR count). The zero-order valence-electron chi connectivity index (χ0n) is 17.5. The highest BCUT2D eigenvalue weighted by Gasteiger charge is 2.24. The molecule has 164 valence electrons. The van der Waals surface area contributed by atoms with Crippen LogP contribution in [-0.4, -0.2) is 50.2 Å². The second-order valence-corrected chi connectivity index (χ2v) is 9.02. The molecule has 1 atom stereocenters. The molecule has 31 heavy (non-hydrogen) atoms. The average molecular weight is 486 g/mol. The summed E-state index contributed by atoms with van der Waals surface area (Å²) in [5.74, 6) is -0.100. The van der Waals surface area contributed by atoms with Crippen molar-refractivity contribution in [3.05, 3.63) is 64.1 Å². The zero-order chi connectivity index (χ0) is 21.6. The van der Waals surface area contributed by atoms with E-state index in [9.17, 15) is 9.59 Å². The maximum atomic E-state index is 12.8. The second-order valence-electron chi connectivity index (χ2n) is 8.10. The molecule has 0 aliphatic carbocycles. The standard InChI is InChI=1S/C24H28BrN3O3/c25-18-9-7-17(8-10-18)23(29)27-19-11-13-28(14-12-19)22-6-2-1-5-21(22)24(30)26-16-20-4-3-15-31-20/h1-2,5-10,19-20H,3-4,11-16H2,(H,26,30)(H,27,29). The fraction of sp³-hybridized carbons (Fsp3) is 0.417. The van der Waals surface area contributed by atoms with E-state index in [1.165, 1.54) is 0 Å². The number of piperidine rings is 1. The van der Waals surface area contributed by atoms with Gasteiger partial charge in [-0.3, -0.25) is 9.59 Å². The SMILES string of the molecule is O=C(NC1CCN(c2ccccc2C(=O)NCC2CCCO2)CC1)c1ccc(Br)cc1. The molecule has 0 bridgehead atoms. The van der Waals surface area contributed by atoms with Gasteiger partial charge in [0.1, 0.15) is 0 Å². The van der Waals surface area contributed by atoms with Gasteiger partial charge >= 0.3 is 0 Å². The molecule has 0 aromatic heterocycles. The number of hydrogen-bond acceptors (Lipinski definition) is 4. The molecule has 1 unspecified atom stereocenters. The molecule has 0 radical (unpaired) electrons. The van der Waals surface area contributed by atoms with Crippen molar-refractivity contribution in [3.8, 4) is 0 Å². The van der Waals surface area contributed by atoms with Crippen molar-refractivity contribution in [1.82, 2.24) is 10.6 Å². The third-order valence-corrected chi connectivity index (χ3v) is 6.47. The number of halogens is 1. The summed E-state index contributed by atoms with van der Waals surface area (Å²) in [5, 5.41) is 6.17. The van der Waals surface area contributed by atoms with E-state index < -0.39 is 0 Å². The van der Waals surface area contributed by atoms with Crippen molar-refractivity contribution in [2.45, 2.75) is 37.8 Å². The summed E-state index contributed by atoms with van der Waals surface area (Å²) >= 11 is 3.39. The molecular formula is C24H28BrN3O3. The van der Waals surface area contributed by atoms with Crippen molar-refractivity contribution in [3.63, 3.8) is 0 Å². The fourth-order valence-electron chi connectivity index (χ4n) is 4.18. The van der Waals surface area contributed by atoms with Gasteiger partial charge in [-0.05, 0) is 62.1 Å². The van der Waals surface area contributed by atoms with E-state index in [1.807, 2.05) is 48.5 Å². The van der Waals surface area contributed by atoms with E-state index >= 15 is 0 Å². The maximum absolute atomic E-state index is 12.8. The molecular weight excluding hydrogens is 458 g/mol. The highest BCUT2D eigenvalue weighted by Crippen LogP contribution is 2.25. The van der Waals surface area contributed by atoms with E-state index in [0.29, 0.717) is 17.7 Å². The first-order chi connectivity index (χ1) is 15.1. The van der Waals surface area contributed by atoms with Gasteiger partial charge in [0.25, 0.3) is 11.8 Å². The van der Waals surface area contributed by atoms with Gasteiger partial charge < -0.3 is 20.3 Å². The lowest BCUT2D eigenvalue weighted by Gasteiger charge is -2.35. The normalized spacial score (nSPS) is 19.3. The first-order valence-corrected chi connectivity index (χ1v) is 11.7. The molecule has 2 aromatic carbocycles. The lowest BCUT2D eigenvalue weighted by Crippen LogP contribution is -2.45. The Morgan fingerprint density at radius 2 is 1.74 bits per heavy atom. The summed E-state index contributed by atoms with van der Waals surface area (Å²) in [7, 11) is 0. The summed E-state index contributed by atoms with van der Waals surface area (Å²) in [6, 6.07) is 15.3. The van der Waals surface area contributed by atoms with Crippen LogP contribution >= 0.6 is 15.9 Å². The van der Waals surface area contributed by atoms with Crippen molar-refractivity contribution in [2.75, 3.05) is 31.1 Å². The zero-order valence-corrected chi connectivity index (χ0v) is 19.1. The number of carbonyl (C=O) groups excluding carboxylic acids is 2. The van der Waals surface area contributed by atoms with Gasteiger partial charge in [0, 0.05) is 48.0 Å². The largest absolute Gasteiger partial charge is 0.376 e. The first-order valence-electron chi connectivity index (χ1n) is 10.9. The van der Waals surface area contributed by atoms with Crippen LogP contribution in [0, 0.1) is 0 Å². The monoisotopic (exact) mass is 485 g/mol. The number of nitrogens with zero attached hydrogens (tertiary/aromatic N) is 1. The Bertz CT molecular complexity index is 905. The van der Waals surface area contributed by atoms with Gasteiger partial charge in [0.2, 0.25) is 0 Å². The quantitative estimate of drug-likeness (QED) is 0.653. The Morgan fingerprint density at radius 1 is 1.00 bits per heavy atom. The number of hydrogen-bond donors (Lipinski definition) is 2. The molecule has 0 spiro atoms. The van der Waals surface area contributed by atoms with E-state index in [-0.39, 0.29) is 24.0 Å². The Balaban J connectivity index is 1.32. The van der Waals surface area contributed by atoms with Gasteiger partial charge in [0.05, 0.1) is 11.7 Å². The third-order valence-electron chi connectivity index (χ3n) is 5.94. The van der Waals surface area contributed by atoms with Crippen LogP contribution in [-0.2, 0) is 4.74 Å². The molecule has 2 heterocycles.